The van der Waals surface area contributed by atoms with E-state index in [1.54, 1.807) is 12.1 Å². The highest BCUT2D eigenvalue weighted by atomic mass is 19.1. The fraction of sp³-hybridized carbons (Fsp3) is 0.375. The Balaban J connectivity index is 1.13. The Hall–Kier alpha value is -3.30. The zero-order valence-corrected chi connectivity index (χ0v) is 18.4. The standard InChI is InChI=1S/C24H27FN6O2/c25-20-9-5-4-8-19(20)23-16-31-22(17-33-23)21(27-28-31)15-29-10-12-30(13-11-29)24(32)26-14-18-6-2-1-3-7-18/h1-9,23H,10-17H2,(H,26,32)/t23-/m0/s1. The van der Waals surface area contributed by atoms with Gasteiger partial charge in [0.1, 0.15) is 17.6 Å². The molecule has 3 aromatic rings. The highest BCUT2D eigenvalue weighted by Gasteiger charge is 2.28. The average molecular weight is 451 g/mol. The van der Waals surface area contributed by atoms with Crippen molar-refractivity contribution in [3.05, 3.63) is 82.9 Å². The van der Waals surface area contributed by atoms with Gasteiger partial charge in [-0.05, 0) is 11.6 Å². The van der Waals surface area contributed by atoms with Gasteiger partial charge in [-0.15, -0.1) is 5.10 Å². The molecule has 172 valence electrons. The first-order valence-corrected chi connectivity index (χ1v) is 11.2. The smallest absolute Gasteiger partial charge is 0.317 e. The SMILES string of the molecule is O=C(NCc1ccccc1)N1CCN(Cc2nnn3c2CO[C@H](c2ccccc2F)C3)CC1. The lowest BCUT2D eigenvalue weighted by Crippen LogP contribution is -2.51. The zero-order valence-electron chi connectivity index (χ0n) is 18.4. The normalized spacial score (nSPS) is 18.7. The van der Waals surface area contributed by atoms with Crippen molar-refractivity contribution in [2.45, 2.75) is 32.3 Å². The number of piperazine rings is 1. The van der Waals surface area contributed by atoms with E-state index < -0.39 is 0 Å². The molecule has 33 heavy (non-hydrogen) atoms. The highest BCUT2D eigenvalue weighted by molar-refractivity contribution is 5.74. The molecule has 0 aliphatic carbocycles. The molecular formula is C24H27FN6O2. The number of carbonyl (C=O) groups excluding carboxylic acids is 1. The first-order chi connectivity index (χ1) is 16.2. The van der Waals surface area contributed by atoms with Crippen LogP contribution in [0.15, 0.2) is 54.6 Å². The van der Waals surface area contributed by atoms with Gasteiger partial charge in [-0.25, -0.2) is 13.9 Å². The van der Waals surface area contributed by atoms with E-state index in [1.165, 1.54) is 6.07 Å². The molecule has 0 radical (unpaired) electrons. The van der Waals surface area contributed by atoms with Crippen LogP contribution in [-0.2, 0) is 31.0 Å². The third-order valence-corrected chi connectivity index (χ3v) is 6.25. The third kappa shape index (κ3) is 4.89. The molecule has 2 amide bonds. The van der Waals surface area contributed by atoms with Crippen LogP contribution in [0.2, 0.25) is 0 Å². The predicted molar refractivity (Wildman–Crippen MR) is 119 cm³/mol. The Labute approximate surface area is 191 Å². The maximum absolute atomic E-state index is 14.1. The molecule has 2 aliphatic rings. The summed E-state index contributed by atoms with van der Waals surface area (Å²) < 4.78 is 21.9. The molecule has 0 bridgehead atoms. The van der Waals surface area contributed by atoms with E-state index in [2.05, 4.69) is 20.5 Å². The van der Waals surface area contributed by atoms with Crippen LogP contribution in [0.1, 0.15) is 28.6 Å². The van der Waals surface area contributed by atoms with Crippen LogP contribution in [0, 0.1) is 5.82 Å². The van der Waals surface area contributed by atoms with Gasteiger partial charge in [-0.3, -0.25) is 4.90 Å². The van der Waals surface area contributed by atoms with Crippen LogP contribution in [0.25, 0.3) is 0 Å². The number of nitrogens with one attached hydrogen (secondary N) is 1. The highest BCUT2D eigenvalue weighted by Crippen LogP contribution is 2.28. The minimum Gasteiger partial charge on any atom is -0.365 e. The first-order valence-electron chi connectivity index (χ1n) is 11.2. The largest absolute Gasteiger partial charge is 0.365 e. The monoisotopic (exact) mass is 450 g/mol. The number of nitrogens with zero attached hydrogens (tertiary/aromatic N) is 5. The van der Waals surface area contributed by atoms with Gasteiger partial charge < -0.3 is 15.0 Å². The molecule has 3 heterocycles. The Kier molecular flexibility index (Phi) is 6.32. The van der Waals surface area contributed by atoms with Crippen molar-refractivity contribution >= 4 is 6.03 Å². The lowest BCUT2D eigenvalue weighted by molar-refractivity contribution is -0.00416. The summed E-state index contributed by atoms with van der Waals surface area (Å²) in [7, 11) is 0. The van der Waals surface area contributed by atoms with Gasteiger partial charge in [0.2, 0.25) is 0 Å². The van der Waals surface area contributed by atoms with Crippen LogP contribution in [0.4, 0.5) is 9.18 Å². The summed E-state index contributed by atoms with van der Waals surface area (Å²) >= 11 is 0. The van der Waals surface area contributed by atoms with Crippen LogP contribution in [-0.4, -0.2) is 57.0 Å². The maximum atomic E-state index is 14.1. The summed E-state index contributed by atoms with van der Waals surface area (Å²) in [5.74, 6) is -0.267. The summed E-state index contributed by atoms with van der Waals surface area (Å²) in [5, 5.41) is 11.6. The lowest BCUT2D eigenvalue weighted by Gasteiger charge is -2.34. The minimum absolute atomic E-state index is 0.0351. The van der Waals surface area contributed by atoms with E-state index in [4.69, 9.17) is 4.74 Å². The quantitative estimate of drug-likeness (QED) is 0.647. The summed E-state index contributed by atoms with van der Waals surface area (Å²) in [4.78, 5) is 16.6. The number of fused-ring (bicyclic) bond motifs is 1. The summed E-state index contributed by atoms with van der Waals surface area (Å²) in [6, 6.07) is 16.5. The van der Waals surface area contributed by atoms with Gasteiger partial charge in [0, 0.05) is 44.8 Å². The van der Waals surface area contributed by atoms with Crippen molar-refractivity contribution in [2.24, 2.45) is 0 Å². The third-order valence-electron chi connectivity index (χ3n) is 6.25. The number of ether oxygens (including phenoxy) is 1. The van der Waals surface area contributed by atoms with Crippen molar-refractivity contribution in [3.63, 3.8) is 0 Å². The molecule has 0 unspecified atom stereocenters. The number of urea groups is 1. The number of carbonyl (C=O) groups is 1. The Morgan fingerprint density at radius 1 is 1.06 bits per heavy atom. The number of amides is 2. The Morgan fingerprint density at radius 3 is 2.61 bits per heavy atom. The van der Waals surface area contributed by atoms with E-state index in [0.29, 0.717) is 44.9 Å². The Morgan fingerprint density at radius 2 is 1.82 bits per heavy atom. The molecule has 9 heteroatoms. The zero-order chi connectivity index (χ0) is 22.6. The van der Waals surface area contributed by atoms with E-state index >= 15 is 0 Å². The summed E-state index contributed by atoms with van der Waals surface area (Å²) in [6.07, 6.45) is -0.369. The molecule has 5 rings (SSSR count). The van der Waals surface area contributed by atoms with Crippen molar-refractivity contribution < 1.29 is 13.9 Å². The van der Waals surface area contributed by atoms with Gasteiger partial charge in [0.05, 0.1) is 18.8 Å². The molecule has 1 aromatic heterocycles. The van der Waals surface area contributed by atoms with Crippen molar-refractivity contribution in [1.82, 2.24) is 30.1 Å². The predicted octanol–water partition coefficient (Wildman–Crippen LogP) is 2.72. The van der Waals surface area contributed by atoms with Crippen LogP contribution >= 0.6 is 0 Å². The second kappa shape index (κ2) is 9.68. The Bertz CT molecular complexity index is 1100. The van der Waals surface area contributed by atoms with E-state index in [1.807, 2.05) is 46.0 Å². The number of rotatable bonds is 5. The molecule has 1 N–H and O–H groups in total. The van der Waals surface area contributed by atoms with Crippen molar-refractivity contribution in [3.8, 4) is 0 Å². The van der Waals surface area contributed by atoms with Crippen LogP contribution < -0.4 is 5.32 Å². The van der Waals surface area contributed by atoms with Crippen molar-refractivity contribution in [1.29, 1.82) is 0 Å². The fourth-order valence-corrected chi connectivity index (χ4v) is 4.32. The van der Waals surface area contributed by atoms with Crippen molar-refractivity contribution in [2.75, 3.05) is 26.2 Å². The van der Waals surface area contributed by atoms with Crippen LogP contribution in [0.3, 0.4) is 0 Å². The van der Waals surface area contributed by atoms with E-state index in [-0.39, 0.29) is 18.0 Å². The molecule has 1 atom stereocenters. The second-order valence-corrected chi connectivity index (χ2v) is 8.39. The molecule has 2 aliphatic heterocycles. The lowest BCUT2D eigenvalue weighted by atomic mass is 10.1. The minimum atomic E-state index is -0.369. The summed E-state index contributed by atoms with van der Waals surface area (Å²) in [6.45, 7) is 4.84. The molecule has 2 aromatic carbocycles. The molecule has 1 saturated heterocycles. The number of hydrogen-bond donors (Lipinski definition) is 1. The van der Waals surface area contributed by atoms with Gasteiger partial charge in [0.15, 0.2) is 0 Å². The fourth-order valence-electron chi connectivity index (χ4n) is 4.32. The molecule has 0 saturated carbocycles. The number of benzene rings is 2. The maximum Gasteiger partial charge on any atom is 0.317 e. The number of halogens is 1. The number of hydrogen-bond acceptors (Lipinski definition) is 5. The van der Waals surface area contributed by atoms with E-state index in [0.717, 1.165) is 30.0 Å². The number of aromatic nitrogens is 3. The topological polar surface area (TPSA) is 75.5 Å². The van der Waals surface area contributed by atoms with Gasteiger partial charge in [-0.2, -0.15) is 0 Å². The molecule has 8 nitrogen and oxygen atoms in total. The van der Waals surface area contributed by atoms with Gasteiger partial charge in [0.25, 0.3) is 0 Å². The molecule has 1 fully saturated rings. The second-order valence-electron chi connectivity index (χ2n) is 8.39. The molecule has 0 spiro atoms. The van der Waals surface area contributed by atoms with Gasteiger partial charge in [-0.1, -0.05) is 53.7 Å². The first kappa shape index (κ1) is 21.5. The van der Waals surface area contributed by atoms with Crippen LogP contribution in [0.5, 0.6) is 0 Å². The van der Waals surface area contributed by atoms with E-state index in [9.17, 15) is 9.18 Å². The summed E-state index contributed by atoms with van der Waals surface area (Å²) in [5.41, 5.74) is 3.44. The average Bonchev–Trinajstić information content (AvgIpc) is 3.26. The van der Waals surface area contributed by atoms with Gasteiger partial charge >= 0.3 is 6.03 Å². The molecular weight excluding hydrogens is 423 g/mol.